The van der Waals surface area contributed by atoms with Crippen LogP contribution >= 0.6 is 11.6 Å². The number of rotatable bonds is 6. The molecule has 0 saturated carbocycles. The Morgan fingerprint density at radius 2 is 1.74 bits per heavy atom. The Balaban J connectivity index is 1.48. The molecule has 0 N–H and O–H groups in total. The van der Waals surface area contributed by atoms with Crippen molar-refractivity contribution in [2.75, 3.05) is 13.2 Å². The molecule has 3 aromatic rings. The highest BCUT2D eigenvalue weighted by atomic mass is 35.5. The van der Waals surface area contributed by atoms with E-state index in [1.165, 1.54) is 4.31 Å². The topological polar surface area (TPSA) is 55.8 Å². The maximum absolute atomic E-state index is 13.2. The van der Waals surface area contributed by atoms with Crippen molar-refractivity contribution in [3.63, 3.8) is 0 Å². The molecule has 0 saturated heterocycles. The van der Waals surface area contributed by atoms with Crippen molar-refractivity contribution in [1.82, 2.24) is 4.31 Å². The van der Waals surface area contributed by atoms with E-state index in [-0.39, 0.29) is 6.54 Å². The summed E-state index contributed by atoms with van der Waals surface area (Å²) in [5, 5.41) is 0.694. The zero-order valence-electron chi connectivity index (χ0n) is 17.3. The van der Waals surface area contributed by atoms with Gasteiger partial charge in [-0.25, -0.2) is 8.42 Å². The van der Waals surface area contributed by atoms with E-state index >= 15 is 0 Å². The summed E-state index contributed by atoms with van der Waals surface area (Å²) in [5.74, 6) is 0.711. The third kappa shape index (κ3) is 5.28. The molecule has 0 radical (unpaired) electrons. The van der Waals surface area contributed by atoms with Gasteiger partial charge in [0.2, 0.25) is 10.0 Å². The third-order valence-corrected chi connectivity index (χ3v) is 7.24. The minimum absolute atomic E-state index is 0.261. The lowest BCUT2D eigenvalue weighted by molar-refractivity contribution is 0.107. The molecule has 1 aliphatic heterocycles. The summed E-state index contributed by atoms with van der Waals surface area (Å²) < 4.78 is 39.5. The minimum Gasteiger partial charge on any atom is -0.492 e. The number of hydrogen-bond donors (Lipinski definition) is 0. The Kier molecular flexibility index (Phi) is 6.62. The molecule has 0 aromatic heterocycles. The van der Waals surface area contributed by atoms with Gasteiger partial charge in [-0.2, -0.15) is 4.31 Å². The fraction of sp³-hybridized carbons (Fsp3) is 0.250. The molecule has 0 amide bonds. The number of ether oxygens (including phenoxy) is 2. The van der Waals surface area contributed by atoms with Gasteiger partial charge in [-0.05, 0) is 60.0 Å². The van der Waals surface area contributed by atoms with Gasteiger partial charge in [0.25, 0.3) is 0 Å². The van der Waals surface area contributed by atoms with E-state index in [1.54, 1.807) is 18.2 Å². The molecule has 0 atom stereocenters. The predicted molar refractivity (Wildman–Crippen MR) is 121 cm³/mol. The fourth-order valence-electron chi connectivity index (χ4n) is 3.51. The zero-order valence-corrected chi connectivity index (χ0v) is 18.8. The van der Waals surface area contributed by atoms with Crippen molar-refractivity contribution < 1.29 is 17.9 Å². The monoisotopic (exact) mass is 457 g/mol. The largest absolute Gasteiger partial charge is 0.492 e. The molecule has 162 valence electrons. The fourth-order valence-corrected chi connectivity index (χ4v) is 5.14. The SMILES string of the molecule is Cc1cccc(S(=O)(=O)N2CCOc3ccc(COCc4ccc(Cl)cc4)cc3C2)c1. The van der Waals surface area contributed by atoms with Gasteiger partial charge in [0.05, 0.1) is 18.1 Å². The lowest BCUT2D eigenvalue weighted by atomic mass is 10.1. The Hall–Kier alpha value is -2.38. The first kappa shape index (κ1) is 21.8. The molecule has 0 unspecified atom stereocenters. The minimum atomic E-state index is -3.61. The Morgan fingerprint density at radius 1 is 1.00 bits per heavy atom. The summed E-state index contributed by atoms with van der Waals surface area (Å²) in [6.45, 7) is 3.64. The number of halogens is 1. The second-order valence-electron chi connectivity index (χ2n) is 7.56. The number of benzene rings is 3. The quantitative estimate of drug-likeness (QED) is 0.525. The predicted octanol–water partition coefficient (Wildman–Crippen LogP) is 4.95. The first-order chi connectivity index (χ1) is 14.9. The summed E-state index contributed by atoms with van der Waals surface area (Å²) in [6, 6.07) is 20.3. The van der Waals surface area contributed by atoms with Crippen molar-refractivity contribution in [1.29, 1.82) is 0 Å². The second kappa shape index (κ2) is 9.40. The Morgan fingerprint density at radius 3 is 2.52 bits per heavy atom. The molecule has 0 fully saturated rings. The Bertz CT molecular complexity index is 1160. The summed E-state index contributed by atoms with van der Waals surface area (Å²) >= 11 is 5.91. The molecular formula is C24H24ClNO4S. The van der Waals surface area contributed by atoms with Crippen molar-refractivity contribution >= 4 is 21.6 Å². The van der Waals surface area contributed by atoms with Crippen LogP contribution in [0.15, 0.2) is 71.6 Å². The number of hydrogen-bond acceptors (Lipinski definition) is 4. The Labute approximate surface area is 188 Å². The van der Waals surface area contributed by atoms with Crippen LogP contribution in [0.3, 0.4) is 0 Å². The molecule has 3 aromatic carbocycles. The number of aryl methyl sites for hydroxylation is 1. The van der Waals surface area contributed by atoms with Gasteiger partial charge in [-0.1, -0.05) is 41.9 Å². The van der Waals surface area contributed by atoms with Crippen LogP contribution in [0.5, 0.6) is 5.75 Å². The van der Waals surface area contributed by atoms with E-state index < -0.39 is 10.0 Å². The molecule has 0 bridgehead atoms. The molecule has 4 rings (SSSR count). The highest BCUT2D eigenvalue weighted by molar-refractivity contribution is 7.89. The van der Waals surface area contributed by atoms with E-state index in [0.29, 0.717) is 42.0 Å². The third-order valence-electron chi connectivity index (χ3n) is 5.15. The van der Waals surface area contributed by atoms with Crippen LogP contribution in [0.25, 0.3) is 0 Å². The van der Waals surface area contributed by atoms with E-state index in [4.69, 9.17) is 21.1 Å². The van der Waals surface area contributed by atoms with Crippen molar-refractivity contribution in [3.05, 3.63) is 94.0 Å². The first-order valence-corrected chi connectivity index (χ1v) is 11.9. The van der Waals surface area contributed by atoms with Crippen molar-refractivity contribution in [2.45, 2.75) is 31.6 Å². The van der Waals surface area contributed by atoms with Gasteiger partial charge in [0.1, 0.15) is 12.4 Å². The summed E-state index contributed by atoms with van der Waals surface area (Å²) in [5.41, 5.74) is 3.75. The van der Waals surface area contributed by atoms with Gasteiger partial charge in [0, 0.05) is 23.7 Å². The maximum atomic E-state index is 13.2. The van der Waals surface area contributed by atoms with Crippen LogP contribution in [0.2, 0.25) is 5.02 Å². The van der Waals surface area contributed by atoms with Crippen molar-refractivity contribution in [2.24, 2.45) is 0 Å². The van der Waals surface area contributed by atoms with Gasteiger partial charge >= 0.3 is 0 Å². The number of nitrogens with zero attached hydrogens (tertiary/aromatic N) is 1. The molecular weight excluding hydrogens is 434 g/mol. The van der Waals surface area contributed by atoms with Crippen LogP contribution in [0, 0.1) is 6.92 Å². The number of sulfonamides is 1. The van der Waals surface area contributed by atoms with Gasteiger partial charge < -0.3 is 9.47 Å². The molecule has 5 nitrogen and oxygen atoms in total. The molecule has 0 spiro atoms. The van der Waals surface area contributed by atoms with Crippen molar-refractivity contribution in [3.8, 4) is 5.75 Å². The standard InChI is InChI=1S/C24H24ClNO4S/c1-18-3-2-4-23(13-18)31(27,28)26-11-12-30-24-10-7-20(14-21(24)15-26)17-29-16-19-5-8-22(25)9-6-19/h2-10,13-14H,11-12,15-17H2,1H3. The van der Waals surface area contributed by atoms with Crippen LogP contribution in [0.4, 0.5) is 0 Å². The molecule has 0 aliphatic carbocycles. The van der Waals surface area contributed by atoms with E-state index in [0.717, 1.165) is 22.3 Å². The van der Waals surface area contributed by atoms with Gasteiger partial charge in [-0.15, -0.1) is 0 Å². The van der Waals surface area contributed by atoms with E-state index in [2.05, 4.69) is 0 Å². The summed E-state index contributed by atoms with van der Waals surface area (Å²) in [6.07, 6.45) is 0. The molecule has 7 heteroatoms. The molecule has 31 heavy (non-hydrogen) atoms. The van der Waals surface area contributed by atoms with Crippen LogP contribution in [-0.4, -0.2) is 25.9 Å². The van der Waals surface area contributed by atoms with E-state index in [9.17, 15) is 8.42 Å². The average Bonchev–Trinajstić information content (AvgIpc) is 2.98. The highest BCUT2D eigenvalue weighted by Gasteiger charge is 2.27. The first-order valence-electron chi connectivity index (χ1n) is 10.1. The zero-order chi connectivity index (χ0) is 21.8. The van der Waals surface area contributed by atoms with Crippen LogP contribution in [-0.2, 0) is 34.5 Å². The normalized spacial score (nSPS) is 14.5. The summed E-state index contributed by atoms with van der Waals surface area (Å²) in [4.78, 5) is 0.304. The van der Waals surface area contributed by atoms with Crippen LogP contribution in [0.1, 0.15) is 22.3 Å². The average molecular weight is 458 g/mol. The molecule has 1 heterocycles. The van der Waals surface area contributed by atoms with Crippen LogP contribution < -0.4 is 4.74 Å². The molecule has 1 aliphatic rings. The smallest absolute Gasteiger partial charge is 0.243 e. The van der Waals surface area contributed by atoms with Gasteiger partial charge in [-0.3, -0.25) is 0 Å². The van der Waals surface area contributed by atoms with E-state index in [1.807, 2.05) is 55.5 Å². The highest BCUT2D eigenvalue weighted by Crippen LogP contribution is 2.28. The number of fused-ring (bicyclic) bond motifs is 1. The lowest BCUT2D eigenvalue weighted by Crippen LogP contribution is -2.32. The second-order valence-corrected chi connectivity index (χ2v) is 9.94. The maximum Gasteiger partial charge on any atom is 0.243 e. The lowest BCUT2D eigenvalue weighted by Gasteiger charge is -2.20. The summed E-state index contributed by atoms with van der Waals surface area (Å²) in [7, 11) is -3.61. The van der Waals surface area contributed by atoms with Gasteiger partial charge in [0.15, 0.2) is 0 Å².